The summed E-state index contributed by atoms with van der Waals surface area (Å²) in [7, 11) is 0. The number of nitrogens with zero attached hydrogens (tertiary/aromatic N) is 1. The van der Waals surface area contributed by atoms with Crippen LogP contribution in [0.5, 0.6) is 0 Å². The monoisotopic (exact) mass is 322 g/mol. The smallest absolute Gasteiger partial charge is 0.264 e. The lowest BCUT2D eigenvalue weighted by Gasteiger charge is -2.17. The van der Waals surface area contributed by atoms with E-state index in [1.807, 2.05) is 37.3 Å². The normalized spacial score (nSPS) is 17.8. The van der Waals surface area contributed by atoms with E-state index in [2.05, 4.69) is 41.7 Å². The molecule has 0 spiro atoms. The summed E-state index contributed by atoms with van der Waals surface area (Å²) in [6.45, 7) is 4.11. The zero-order chi connectivity index (χ0) is 16.9. The fraction of sp³-hybridized carbons (Fsp3) is 0.300. The number of rotatable bonds is 5. The number of aryl methyl sites for hydroxylation is 1. The van der Waals surface area contributed by atoms with E-state index in [9.17, 15) is 4.79 Å². The van der Waals surface area contributed by atoms with Crippen LogP contribution in [-0.4, -0.2) is 17.7 Å². The van der Waals surface area contributed by atoms with Crippen LogP contribution in [0.4, 0.5) is 0 Å². The first-order chi connectivity index (χ1) is 11.7. The van der Waals surface area contributed by atoms with Crippen LogP contribution in [-0.2, 0) is 16.1 Å². The highest BCUT2D eigenvalue weighted by Crippen LogP contribution is 2.19. The van der Waals surface area contributed by atoms with Gasteiger partial charge in [0.25, 0.3) is 5.91 Å². The maximum atomic E-state index is 12.4. The van der Waals surface area contributed by atoms with Gasteiger partial charge in [0.05, 0.1) is 11.8 Å². The van der Waals surface area contributed by atoms with Crippen molar-refractivity contribution < 1.29 is 9.63 Å². The first-order valence-electron chi connectivity index (χ1n) is 8.34. The molecule has 1 N–H and O–H groups in total. The number of hydrogen-bond acceptors (Lipinski definition) is 3. The van der Waals surface area contributed by atoms with Crippen molar-refractivity contribution in [1.29, 1.82) is 0 Å². The summed E-state index contributed by atoms with van der Waals surface area (Å²) < 4.78 is 0. The van der Waals surface area contributed by atoms with Crippen LogP contribution in [0.3, 0.4) is 0 Å². The Hall–Kier alpha value is -2.62. The summed E-state index contributed by atoms with van der Waals surface area (Å²) in [6.07, 6.45) is 0.950. The highest BCUT2D eigenvalue weighted by molar-refractivity contribution is 6.04. The molecule has 2 aromatic carbocycles. The molecule has 0 saturated carbocycles. The zero-order valence-corrected chi connectivity index (χ0v) is 14.0. The number of carbonyl (C=O) groups is 1. The van der Waals surface area contributed by atoms with Crippen molar-refractivity contribution in [3.63, 3.8) is 0 Å². The Kier molecular flexibility index (Phi) is 4.94. The number of oxime groups is 1. The molecule has 4 heteroatoms. The van der Waals surface area contributed by atoms with Crippen LogP contribution >= 0.6 is 0 Å². The lowest BCUT2D eigenvalue weighted by molar-refractivity contribution is -0.131. The molecule has 2 aromatic rings. The number of carbonyl (C=O) groups excluding carboxylic acids is 1. The van der Waals surface area contributed by atoms with Crippen molar-refractivity contribution in [2.24, 2.45) is 5.16 Å². The maximum absolute atomic E-state index is 12.4. The summed E-state index contributed by atoms with van der Waals surface area (Å²) in [4.78, 5) is 17.8. The highest BCUT2D eigenvalue weighted by Gasteiger charge is 2.29. The Morgan fingerprint density at radius 3 is 2.58 bits per heavy atom. The molecule has 4 nitrogen and oxygen atoms in total. The molecule has 1 amide bonds. The van der Waals surface area contributed by atoms with Crippen molar-refractivity contribution in [2.75, 3.05) is 0 Å². The average Bonchev–Trinajstić information content (AvgIpc) is 3.13. The van der Waals surface area contributed by atoms with E-state index in [1.165, 1.54) is 5.56 Å². The minimum Gasteiger partial charge on any atom is -0.382 e. The van der Waals surface area contributed by atoms with Crippen molar-refractivity contribution in [2.45, 2.75) is 38.8 Å². The molecule has 1 heterocycles. The van der Waals surface area contributed by atoms with Gasteiger partial charge in [0, 0.05) is 6.42 Å². The van der Waals surface area contributed by atoms with Gasteiger partial charge in [0.2, 0.25) is 6.10 Å². The third-order valence-corrected chi connectivity index (χ3v) is 4.32. The molecule has 124 valence electrons. The van der Waals surface area contributed by atoms with Crippen LogP contribution in [0.25, 0.3) is 0 Å². The van der Waals surface area contributed by atoms with E-state index in [-0.39, 0.29) is 11.9 Å². The zero-order valence-electron chi connectivity index (χ0n) is 14.0. The Morgan fingerprint density at radius 2 is 1.92 bits per heavy atom. The molecule has 3 rings (SSSR count). The molecule has 24 heavy (non-hydrogen) atoms. The minimum atomic E-state index is -0.558. The fourth-order valence-electron chi connectivity index (χ4n) is 2.75. The third-order valence-electron chi connectivity index (χ3n) is 4.32. The minimum absolute atomic E-state index is 0.0622. The van der Waals surface area contributed by atoms with Gasteiger partial charge in [-0.2, -0.15) is 0 Å². The molecule has 0 aromatic heterocycles. The van der Waals surface area contributed by atoms with Crippen molar-refractivity contribution in [1.82, 2.24) is 5.32 Å². The van der Waals surface area contributed by atoms with E-state index >= 15 is 0 Å². The molecule has 0 aliphatic carbocycles. The molecule has 2 unspecified atom stereocenters. The topological polar surface area (TPSA) is 50.7 Å². The largest absolute Gasteiger partial charge is 0.382 e. The first kappa shape index (κ1) is 16.2. The van der Waals surface area contributed by atoms with Crippen LogP contribution in [0.2, 0.25) is 0 Å². The second-order valence-corrected chi connectivity index (χ2v) is 6.03. The van der Waals surface area contributed by atoms with Gasteiger partial charge in [-0.25, -0.2) is 0 Å². The van der Waals surface area contributed by atoms with Gasteiger partial charge in [0.15, 0.2) is 0 Å². The second-order valence-electron chi connectivity index (χ2n) is 6.03. The van der Waals surface area contributed by atoms with Gasteiger partial charge in [-0.3, -0.25) is 4.79 Å². The third kappa shape index (κ3) is 3.65. The van der Waals surface area contributed by atoms with Crippen LogP contribution in [0.15, 0.2) is 59.8 Å². The van der Waals surface area contributed by atoms with Crippen molar-refractivity contribution in [3.05, 3.63) is 71.3 Å². The van der Waals surface area contributed by atoms with Gasteiger partial charge in [-0.15, -0.1) is 0 Å². The summed E-state index contributed by atoms with van der Waals surface area (Å²) in [5.74, 6) is -0.128. The van der Waals surface area contributed by atoms with Crippen LogP contribution < -0.4 is 5.32 Å². The van der Waals surface area contributed by atoms with Crippen LogP contribution in [0.1, 0.15) is 43.0 Å². The van der Waals surface area contributed by atoms with E-state index < -0.39 is 6.10 Å². The number of nitrogens with one attached hydrogen (secondary N) is 1. The quantitative estimate of drug-likeness (QED) is 0.914. The van der Waals surface area contributed by atoms with Gasteiger partial charge in [-0.1, -0.05) is 66.7 Å². The summed E-state index contributed by atoms with van der Waals surface area (Å²) in [5, 5.41) is 7.08. The molecule has 1 aliphatic rings. The predicted molar refractivity (Wildman–Crippen MR) is 94.8 cm³/mol. The lowest BCUT2D eigenvalue weighted by atomic mass is 10.0. The van der Waals surface area contributed by atoms with Crippen LogP contribution in [0, 0.1) is 0 Å². The second kappa shape index (κ2) is 7.30. The van der Waals surface area contributed by atoms with Crippen molar-refractivity contribution >= 4 is 11.6 Å². The molecular weight excluding hydrogens is 300 g/mol. The first-order valence-corrected chi connectivity index (χ1v) is 8.34. The summed E-state index contributed by atoms with van der Waals surface area (Å²) >= 11 is 0. The maximum Gasteiger partial charge on any atom is 0.264 e. The van der Waals surface area contributed by atoms with Crippen molar-refractivity contribution in [3.8, 4) is 0 Å². The van der Waals surface area contributed by atoms with E-state index in [0.717, 1.165) is 23.3 Å². The molecular formula is C20H22N2O2. The number of benzene rings is 2. The van der Waals surface area contributed by atoms with E-state index in [4.69, 9.17) is 4.84 Å². The Morgan fingerprint density at radius 1 is 1.21 bits per heavy atom. The van der Waals surface area contributed by atoms with Gasteiger partial charge >= 0.3 is 0 Å². The van der Waals surface area contributed by atoms with Gasteiger partial charge in [-0.05, 0) is 30.0 Å². The summed E-state index contributed by atoms with van der Waals surface area (Å²) in [6, 6.07) is 18.1. The molecule has 0 bridgehead atoms. The van der Waals surface area contributed by atoms with Gasteiger partial charge in [0.1, 0.15) is 0 Å². The molecule has 0 radical (unpaired) electrons. The number of amides is 1. The summed E-state index contributed by atoms with van der Waals surface area (Å²) in [5.41, 5.74) is 4.19. The number of hydrogen-bond donors (Lipinski definition) is 1. The SMILES string of the molecule is CCc1ccc(C(C)NC(=O)C2CC(c3ccccc3)=NO2)cc1. The Labute approximate surface area is 142 Å². The standard InChI is InChI=1S/C20H22N2O2/c1-3-15-9-11-16(12-10-15)14(2)21-20(23)19-13-18(22-24-19)17-7-5-4-6-8-17/h4-12,14,19H,3,13H2,1-2H3,(H,21,23). The Bertz CT molecular complexity index is 723. The van der Waals surface area contributed by atoms with E-state index in [0.29, 0.717) is 6.42 Å². The predicted octanol–water partition coefficient (Wildman–Crippen LogP) is 3.62. The lowest BCUT2D eigenvalue weighted by Crippen LogP contribution is -2.36. The van der Waals surface area contributed by atoms with Gasteiger partial charge < -0.3 is 10.2 Å². The molecule has 1 aliphatic heterocycles. The Balaban J connectivity index is 1.58. The fourth-order valence-corrected chi connectivity index (χ4v) is 2.75. The highest BCUT2D eigenvalue weighted by atomic mass is 16.6. The molecule has 2 atom stereocenters. The molecule has 0 saturated heterocycles. The van der Waals surface area contributed by atoms with E-state index in [1.54, 1.807) is 0 Å². The molecule has 0 fully saturated rings. The average molecular weight is 322 g/mol.